The molecule has 6 heteroatoms. The van der Waals surface area contributed by atoms with E-state index in [-0.39, 0.29) is 5.60 Å². The second kappa shape index (κ2) is 6.11. The number of para-hydroxylation sites is 1. The number of benzene rings is 1. The minimum absolute atomic E-state index is 0.383. The quantitative estimate of drug-likeness (QED) is 0.696. The molecule has 1 aliphatic heterocycles. The summed E-state index contributed by atoms with van der Waals surface area (Å²) in [4.78, 5) is 3.73. The van der Waals surface area contributed by atoms with Crippen LogP contribution in [0.3, 0.4) is 0 Å². The van der Waals surface area contributed by atoms with E-state index in [1.54, 1.807) is 0 Å². The lowest BCUT2D eigenvalue weighted by atomic mass is 9.86. The number of fused-ring (bicyclic) bond motifs is 3. The summed E-state index contributed by atoms with van der Waals surface area (Å²) in [6, 6.07) is 6.59. The van der Waals surface area contributed by atoms with Crippen molar-refractivity contribution >= 4 is 23.1 Å². The Bertz CT molecular complexity index is 983. The van der Waals surface area contributed by atoms with E-state index in [1.807, 2.05) is 11.6 Å². The van der Waals surface area contributed by atoms with Crippen molar-refractivity contribution in [1.29, 1.82) is 0 Å². The predicted octanol–water partition coefficient (Wildman–Crippen LogP) is 3.94. The van der Waals surface area contributed by atoms with Gasteiger partial charge in [0.05, 0.1) is 12.3 Å². The molecule has 3 heterocycles. The topological polar surface area (TPSA) is 58.6 Å². The average molecular weight is 356 g/mol. The Balaban J connectivity index is 1.89. The van der Waals surface area contributed by atoms with Crippen LogP contribution in [-0.4, -0.2) is 26.4 Å². The maximum Gasteiger partial charge on any atom is 0.194 e. The summed E-state index contributed by atoms with van der Waals surface area (Å²) in [6.07, 6.45) is 3.55. The van der Waals surface area contributed by atoms with E-state index in [1.165, 1.54) is 27.7 Å². The highest BCUT2D eigenvalue weighted by atomic mass is 32.1. The van der Waals surface area contributed by atoms with Gasteiger partial charge in [0.25, 0.3) is 0 Å². The number of hydrogen-bond acceptors (Lipinski definition) is 3. The SMILES string of the molecule is CCc1cccc2c3c([nH]c12)C(CC)(Cc1n[nH]c(=S)n1C)OCC3. The lowest BCUT2D eigenvalue weighted by Gasteiger charge is -2.36. The Morgan fingerprint density at radius 3 is 2.88 bits per heavy atom. The smallest absolute Gasteiger partial charge is 0.194 e. The number of aryl methyl sites for hydroxylation is 1. The van der Waals surface area contributed by atoms with Crippen LogP contribution in [0.2, 0.25) is 0 Å². The van der Waals surface area contributed by atoms with Gasteiger partial charge in [0, 0.05) is 24.4 Å². The van der Waals surface area contributed by atoms with E-state index in [0.29, 0.717) is 11.2 Å². The van der Waals surface area contributed by atoms with E-state index in [4.69, 9.17) is 17.0 Å². The van der Waals surface area contributed by atoms with E-state index in [0.717, 1.165) is 31.7 Å². The first-order valence-corrected chi connectivity index (χ1v) is 9.37. The normalized spacial score (nSPS) is 20.1. The Morgan fingerprint density at radius 1 is 1.36 bits per heavy atom. The molecule has 0 fully saturated rings. The van der Waals surface area contributed by atoms with Crippen LogP contribution in [0.4, 0.5) is 0 Å². The van der Waals surface area contributed by atoms with Crippen LogP contribution in [-0.2, 0) is 36.6 Å². The maximum absolute atomic E-state index is 6.38. The molecule has 1 aromatic carbocycles. The third kappa shape index (κ3) is 2.47. The fourth-order valence-corrected chi connectivity index (χ4v) is 4.19. The first-order valence-electron chi connectivity index (χ1n) is 8.96. The van der Waals surface area contributed by atoms with Gasteiger partial charge in [-0.2, -0.15) is 5.10 Å². The van der Waals surface area contributed by atoms with Crippen molar-refractivity contribution in [3.05, 3.63) is 45.6 Å². The largest absolute Gasteiger partial charge is 0.368 e. The number of rotatable bonds is 4. The molecule has 0 saturated carbocycles. The number of nitrogens with one attached hydrogen (secondary N) is 2. The second-order valence-electron chi connectivity index (χ2n) is 6.80. The van der Waals surface area contributed by atoms with E-state index in [9.17, 15) is 0 Å². The lowest BCUT2D eigenvalue weighted by Crippen LogP contribution is -2.38. The molecule has 3 aromatic rings. The zero-order valence-corrected chi connectivity index (χ0v) is 15.8. The van der Waals surface area contributed by atoms with Crippen LogP contribution in [0, 0.1) is 4.77 Å². The van der Waals surface area contributed by atoms with Gasteiger partial charge in [0.1, 0.15) is 11.4 Å². The summed E-state index contributed by atoms with van der Waals surface area (Å²) in [6.45, 7) is 5.12. The van der Waals surface area contributed by atoms with Gasteiger partial charge in [0.15, 0.2) is 4.77 Å². The molecule has 1 atom stereocenters. The number of aromatic amines is 2. The summed E-state index contributed by atoms with van der Waals surface area (Å²) in [5.74, 6) is 0.925. The molecule has 2 aromatic heterocycles. The van der Waals surface area contributed by atoms with E-state index >= 15 is 0 Å². The van der Waals surface area contributed by atoms with Crippen molar-refractivity contribution in [2.45, 2.75) is 45.1 Å². The Hall–Kier alpha value is -1.92. The summed E-state index contributed by atoms with van der Waals surface area (Å²) in [5, 5.41) is 8.64. The number of H-pyrrole nitrogens is 2. The van der Waals surface area contributed by atoms with Crippen LogP contribution in [0.1, 0.15) is 42.9 Å². The van der Waals surface area contributed by atoms with Crippen molar-refractivity contribution in [1.82, 2.24) is 19.7 Å². The molecule has 0 saturated heterocycles. The Morgan fingerprint density at radius 2 is 2.20 bits per heavy atom. The molecular formula is C19H24N4OS. The first-order chi connectivity index (χ1) is 12.1. The number of nitrogens with zero attached hydrogens (tertiary/aromatic N) is 2. The van der Waals surface area contributed by atoms with Crippen molar-refractivity contribution in [3.63, 3.8) is 0 Å². The van der Waals surface area contributed by atoms with E-state index < -0.39 is 0 Å². The molecule has 1 unspecified atom stereocenters. The molecule has 0 amide bonds. The summed E-state index contributed by atoms with van der Waals surface area (Å²) >= 11 is 5.27. The van der Waals surface area contributed by atoms with Crippen molar-refractivity contribution in [2.24, 2.45) is 7.05 Å². The standard InChI is InChI=1S/C19H24N4OS/c1-4-12-7-6-8-13-14-9-10-24-19(5-2,17(14)20-16(12)13)11-15-21-22-18(25)23(15)3/h6-8,20H,4-5,9-11H2,1-3H3,(H,22,25). The van der Waals surface area contributed by atoms with Crippen LogP contribution in [0.25, 0.3) is 10.9 Å². The molecule has 0 bridgehead atoms. The lowest BCUT2D eigenvalue weighted by molar-refractivity contribution is -0.0673. The van der Waals surface area contributed by atoms with Crippen LogP contribution in [0.5, 0.6) is 0 Å². The number of aromatic nitrogens is 4. The molecule has 5 nitrogen and oxygen atoms in total. The summed E-state index contributed by atoms with van der Waals surface area (Å²) < 4.78 is 8.96. The highest BCUT2D eigenvalue weighted by Gasteiger charge is 2.40. The molecule has 25 heavy (non-hydrogen) atoms. The molecule has 1 aliphatic rings. The van der Waals surface area contributed by atoms with Crippen molar-refractivity contribution in [2.75, 3.05) is 6.61 Å². The minimum Gasteiger partial charge on any atom is -0.368 e. The zero-order valence-electron chi connectivity index (χ0n) is 15.0. The first kappa shape index (κ1) is 16.5. The Labute approximate surface area is 152 Å². The predicted molar refractivity (Wildman–Crippen MR) is 101 cm³/mol. The third-order valence-electron chi connectivity index (χ3n) is 5.58. The fraction of sp³-hybridized carbons (Fsp3) is 0.474. The van der Waals surface area contributed by atoms with Gasteiger partial charge < -0.3 is 14.3 Å². The molecule has 4 rings (SSSR count). The number of ether oxygens (including phenoxy) is 1. The Kier molecular flexibility index (Phi) is 4.04. The van der Waals surface area contributed by atoms with Crippen LogP contribution < -0.4 is 0 Å². The number of hydrogen-bond donors (Lipinski definition) is 2. The monoisotopic (exact) mass is 356 g/mol. The molecule has 2 N–H and O–H groups in total. The maximum atomic E-state index is 6.38. The fourth-order valence-electron chi connectivity index (χ4n) is 4.03. The average Bonchev–Trinajstić information content (AvgIpc) is 3.17. The zero-order chi connectivity index (χ0) is 17.6. The van der Waals surface area contributed by atoms with Gasteiger partial charge in [-0.05, 0) is 42.6 Å². The van der Waals surface area contributed by atoms with Gasteiger partial charge in [-0.25, -0.2) is 0 Å². The van der Waals surface area contributed by atoms with Gasteiger partial charge >= 0.3 is 0 Å². The van der Waals surface area contributed by atoms with Crippen molar-refractivity contribution < 1.29 is 4.74 Å². The van der Waals surface area contributed by atoms with Crippen LogP contribution in [0.15, 0.2) is 18.2 Å². The molecular weight excluding hydrogens is 332 g/mol. The molecule has 0 aliphatic carbocycles. The highest BCUT2D eigenvalue weighted by Crippen LogP contribution is 2.41. The van der Waals surface area contributed by atoms with Gasteiger partial charge in [-0.15, -0.1) is 0 Å². The second-order valence-corrected chi connectivity index (χ2v) is 7.19. The highest BCUT2D eigenvalue weighted by molar-refractivity contribution is 7.71. The molecule has 0 radical (unpaired) electrons. The van der Waals surface area contributed by atoms with Gasteiger partial charge in [0.2, 0.25) is 0 Å². The minimum atomic E-state index is -0.383. The van der Waals surface area contributed by atoms with Crippen LogP contribution >= 0.6 is 12.2 Å². The van der Waals surface area contributed by atoms with Crippen molar-refractivity contribution in [3.8, 4) is 0 Å². The third-order valence-corrected chi connectivity index (χ3v) is 5.95. The summed E-state index contributed by atoms with van der Waals surface area (Å²) in [7, 11) is 1.95. The van der Waals surface area contributed by atoms with E-state index in [2.05, 4.69) is 47.2 Å². The summed E-state index contributed by atoms with van der Waals surface area (Å²) in [5.41, 5.74) is 4.84. The van der Waals surface area contributed by atoms with Gasteiger partial charge in [-0.3, -0.25) is 5.10 Å². The molecule has 0 spiro atoms. The van der Waals surface area contributed by atoms with Gasteiger partial charge in [-0.1, -0.05) is 32.0 Å². The molecule has 132 valence electrons.